The molecule has 4 nitrogen and oxygen atoms in total. The first-order valence-electron chi connectivity index (χ1n) is 11.9. The zero-order chi connectivity index (χ0) is 24.9. The number of unbranched alkanes of at least 4 members (excludes halogenated alkanes) is 1. The first kappa shape index (κ1) is 26.9. The fraction of sp³-hybridized carbons (Fsp3) is 0.345. The van der Waals surface area contributed by atoms with Crippen LogP contribution in [0.25, 0.3) is 11.1 Å². The predicted molar refractivity (Wildman–Crippen MR) is 135 cm³/mol. The molecule has 0 bridgehead atoms. The fourth-order valence-electron chi connectivity index (χ4n) is 3.46. The maximum atomic E-state index is 14.4. The highest BCUT2D eigenvalue weighted by Gasteiger charge is 2.13. The zero-order valence-corrected chi connectivity index (χ0v) is 20.5. The molecule has 1 N–H and O–H groups in total. The van der Waals surface area contributed by atoms with Crippen LogP contribution in [0.2, 0.25) is 0 Å². The number of hydrogen-bond acceptors (Lipinski definition) is 3. The van der Waals surface area contributed by atoms with Crippen molar-refractivity contribution in [2.45, 2.75) is 59.5 Å². The van der Waals surface area contributed by atoms with Crippen molar-refractivity contribution in [3.05, 3.63) is 83.7 Å². The number of halogens is 1. The van der Waals surface area contributed by atoms with Gasteiger partial charge in [0.25, 0.3) is 0 Å². The molecule has 3 rings (SSSR count). The van der Waals surface area contributed by atoms with Crippen molar-refractivity contribution in [2.24, 2.45) is 0 Å². The summed E-state index contributed by atoms with van der Waals surface area (Å²) in [6, 6.07) is 19.8. The van der Waals surface area contributed by atoms with Crippen molar-refractivity contribution in [3.8, 4) is 22.6 Å². The minimum Gasteiger partial charge on any atom is -0.493 e. The maximum absolute atomic E-state index is 14.4. The Morgan fingerprint density at radius 1 is 0.971 bits per heavy atom. The molecule has 3 aromatic carbocycles. The third-order valence-electron chi connectivity index (χ3n) is 5.28. The van der Waals surface area contributed by atoms with Gasteiger partial charge in [-0.3, -0.25) is 4.79 Å². The largest absolute Gasteiger partial charge is 0.493 e. The van der Waals surface area contributed by atoms with Crippen LogP contribution in [0.5, 0.6) is 11.5 Å². The van der Waals surface area contributed by atoms with Crippen LogP contribution in [0, 0.1) is 5.82 Å². The second kappa shape index (κ2) is 14.0. The van der Waals surface area contributed by atoms with Crippen molar-refractivity contribution in [1.82, 2.24) is 0 Å². The van der Waals surface area contributed by atoms with Gasteiger partial charge >= 0.3 is 5.97 Å². The van der Waals surface area contributed by atoms with E-state index in [1.54, 1.807) is 12.1 Å². The summed E-state index contributed by atoms with van der Waals surface area (Å²) in [5.74, 6) is 0.0908. The van der Waals surface area contributed by atoms with E-state index in [1.165, 1.54) is 6.07 Å². The third-order valence-corrected chi connectivity index (χ3v) is 5.28. The number of ether oxygens (including phenoxy) is 2. The fourth-order valence-corrected chi connectivity index (χ4v) is 3.46. The van der Waals surface area contributed by atoms with Crippen molar-refractivity contribution in [3.63, 3.8) is 0 Å². The number of aliphatic carboxylic acids is 1. The molecular formula is C29H35FO4. The zero-order valence-electron chi connectivity index (χ0n) is 20.5. The summed E-state index contributed by atoms with van der Waals surface area (Å²) in [5, 5.41) is 9.03. The average molecular weight is 467 g/mol. The highest BCUT2D eigenvalue weighted by atomic mass is 19.1. The standard InChI is InChI=1S/C27H29FO4.C2H6/c1-3-4-14-31-26-16-20(12-13-24(26)23-10-5-6-11-25(23)28)18-32-22-9-7-8-21(17-22)19(2)15-27(29)30;1-2/h5-13,16-17,19H,3-4,14-15,18H2,1-2H3,(H,29,30);1-2H3. The smallest absolute Gasteiger partial charge is 0.303 e. The summed E-state index contributed by atoms with van der Waals surface area (Å²) in [6.45, 7) is 8.86. The Morgan fingerprint density at radius 2 is 1.74 bits per heavy atom. The molecule has 0 fully saturated rings. The lowest BCUT2D eigenvalue weighted by Gasteiger charge is -2.15. The number of hydrogen-bond donors (Lipinski definition) is 1. The van der Waals surface area contributed by atoms with Gasteiger partial charge in [-0.1, -0.05) is 76.6 Å². The molecule has 0 saturated carbocycles. The maximum Gasteiger partial charge on any atom is 0.303 e. The summed E-state index contributed by atoms with van der Waals surface area (Å²) in [4.78, 5) is 11.0. The molecule has 34 heavy (non-hydrogen) atoms. The number of rotatable bonds is 11. The van der Waals surface area contributed by atoms with Crippen LogP contribution in [0.1, 0.15) is 64.0 Å². The Hall–Kier alpha value is -3.34. The highest BCUT2D eigenvalue weighted by Crippen LogP contribution is 2.33. The van der Waals surface area contributed by atoms with Gasteiger partial charge in [-0.05, 0) is 47.7 Å². The van der Waals surface area contributed by atoms with Crippen LogP contribution in [-0.4, -0.2) is 17.7 Å². The van der Waals surface area contributed by atoms with Crippen LogP contribution in [0.15, 0.2) is 66.7 Å². The van der Waals surface area contributed by atoms with E-state index in [4.69, 9.17) is 14.6 Å². The molecule has 1 atom stereocenters. The Bertz CT molecular complexity index is 1050. The predicted octanol–water partition coefficient (Wildman–Crippen LogP) is 7.86. The summed E-state index contributed by atoms with van der Waals surface area (Å²) >= 11 is 0. The van der Waals surface area contributed by atoms with E-state index < -0.39 is 5.97 Å². The lowest BCUT2D eigenvalue weighted by Crippen LogP contribution is -2.04. The van der Waals surface area contributed by atoms with Gasteiger partial charge in [0.1, 0.15) is 23.9 Å². The van der Waals surface area contributed by atoms with Crippen LogP contribution in [0.3, 0.4) is 0 Å². The summed E-state index contributed by atoms with van der Waals surface area (Å²) < 4.78 is 26.3. The molecule has 0 heterocycles. The number of benzene rings is 3. The lowest BCUT2D eigenvalue weighted by molar-refractivity contribution is -0.137. The van der Waals surface area contributed by atoms with Gasteiger partial charge in [0.2, 0.25) is 0 Å². The molecule has 0 saturated heterocycles. The number of carboxylic acid groups (broad SMARTS) is 1. The second-order valence-electron chi connectivity index (χ2n) is 7.87. The Morgan fingerprint density at radius 3 is 2.44 bits per heavy atom. The second-order valence-corrected chi connectivity index (χ2v) is 7.87. The Balaban J connectivity index is 0.00000199. The van der Waals surface area contributed by atoms with Crippen molar-refractivity contribution in [1.29, 1.82) is 0 Å². The first-order chi connectivity index (χ1) is 16.5. The van der Waals surface area contributed by atoms with Gasteiger partial charge < -0.3 is 14.6 Å². The minimum atomic E-state index is -0.825. The van der Waals surface area contributed by atoms with E-state index in [1.807, 2.05) is 69.3 Å². The van der Waals surface area contributed by atoms with Gasteiger partial charge in [0.05, 0.1) is 13.0 Å². The van der Waals surface area contributed by atoms with Crippen LogP contribution >= 0.6 is 0 Å². The molecule has 0 aliphatic heterocycles. The molecule has 3 aromatic rings. The molecule has 182 valence electrons. The summed E-state index contributed by atoms with van der Waals surface area (Å²) in [6.07, 6.45) is 1.99. The molecule has 0 aromatic heterocycles. The van der Waals surface area contributed by atoms with Gasteiger partial charge in [-0.15, -0.1) is 0 Å². The quantitative estimate of drug-likeness (QED) is 0.292. The van der Waals surface area contributed by atoms with E-state index in [2.05, 4.69) is 6.92 Å². The minimum absolute atomic E-state index is 0.0689. The van der Waals surface area contributed by atoms with Crippen LogP contribution < -0.4 is 9.47 Å². The Kier molecular flexibility index (Phi) is 11.1. The Labute approximate surface area is 202 Å². The van der Waals surface area contributed by atoms with Gasteiger partial charge in [0, 0.05) is 11.1 Å². The molecular weight excluding hydrogens is 431 g/mol. The molecule has 0 aliphatic rings. The monoisotopic (exact) mass is 466 g/mol. The van der Waals surface area contributed by atoms with Crippen LogP contribution in [-0.2, 0) is 11.4 Å². The topological polar surface area (TPSA) is 55.8 Å². The van der Waals surface area contributed by atoms with E-state index in [-0.39, 0.29) is 18.2 Å². The number of carbonyl (C=O) groups is 1. The van der Waals surface area contributed by atoms with E-state index in [9.17, 15) is 9.18 Å². The van der Waals surface area contributed by atoms with Crippen LogP contribution in [0.4, 0.5) is 4.39 Å². The molecule has 0 spiro atoms. The lowest BCUT2D eigenvalue weighted by atomic mass is 9.98. The molecule has 0 radical (unpaired) electrons. The van der Waals surface area contributed by atoms with E-state index in [0.29, 0.717) is 35.8 Å². The third kappa shape index (κ3) is 7.91. The summed E-state index contributed by atoms with van der Waals surface area (Å²) in [5.41, 5.74) is 3.04. The van der Waals surface area contributed by atoms with Gasteiger partial charge in [0.15, 0.2) is 0 Å². The van der Waals surface area contributed by atoms with Crippen molar-refractivity contribution in [2.75, 3.05) is 6.61 Å². The van der Waals surface area contributed by atoms with Crippen molar-refractivity contribution < 1.29 is 23.8 Å². The van der Waals surface area contributed by atoms with Gasteiger partial charge in [-0.25, -0.2) is 4.39 Å². The van der Waals surface area contributed by atoms with Gasteiger partial charge in [-0.2, -0.15) is 0 Å². The SMILES string of the molecule is CC.CCCCOc1cc(COc2cccc(C(C)CC(=O)O)c2)ccc1-c1ccccc1F. The molecule has 0 amide bonds. The summed E-state index contributed by atoms with van der Waals surface area (Å²) in [7, 11) is 0. The molecule has 1 unspecified atom stereocenters. The normalized spacial score (nSPS) is 11.2. The molecule has 5 heteroatoms. The number of carboxylic acids is 1. The highest BCUT2D eigenvalue weighted by molar-refractivity contribution is 5.71. The van der Waals surface area contributed by atoms with Crippen molar-refractivity contribution >= 4 is 5.97 Å². The average Bonchev–Trinajstić information content (AvgIpc) is 2.84. The van der Waals surface area contributed by atoms with E-state index >= 15 is 0 Å². The molecule has 0 aliphatic carbocycles. The van der Waals surface area contributed by atoms with E-state index in [0.717, 1.165) is 24.0 Å². The first-order valence-corrected chi connectivity index (χ1v) is 11.9.